The van der Waals surface area contributed by atoms with Crippen molar-refractivity contribution in [2.75, 3.05) is 26.2 Å². The molecule has 1 aromatic heterocycles. The number of halogens is 1. The van der Waals surface area contributed by atoms with E-state index in [1.54, 1.807) is 24.3 Å². The molecule has 2 aromatic carbocycles. The Morgan fingerprint density at radius 2 is 1.87 bits per heavy atom. The van der Waals surface area contributed by atoms with Crippen molar-refractivity contribution in [3.8, 4) is 5.69 Å². The second-order valence-corrected chi connectivity index (χ2v) is 8.44. The molecule has 0 spiro atoms. The van der Waals surface area contributed by atoms with Crippen LogP contribution >= 0.6 is 0 Å². The molecule has 5 nitrogen and oxygen atoms in total. The van der Waals surface area contributed by atoms with Crippen LogP contribution in [0.15, 0.2) is 48.7 Å². The molecule has 1 atom stereocenters. The van der Waals surface area contributed by atoms with Crippen LogP contribution in [0.5, 0.6) is 0 Å². The third-order valence-corrected chi connectivity index (χ3v) is 6.69. The average molecular weight is 413 g/mol. The van der Waals surface area contributed by atoms with Gasteiger partial charge in [0.2, 0.25) is 0 Å². The van der Waals surface area contributed by atoms with Crippen LogP contribution in [-0.4, -0.2) is 47.7 Å². The number of nitrogens with one attached hydrogen (secondary N) is 1. The summed E-state index contributed by atoms with van der Waals surface area (Å²) in [5.41, 5.74) is 2.75. The van der Waals surface area contributed by atoms with Gasteiger partial charge in [0.05, 0.1) is 11.5 Å². The number of carbonyl (C=O) groups excluding carboxylic acids is 1. The fourth-order valence-corrected chi connectivity index (χ4v) is 5.13. The molecule has 156 valence electrons. The molecule has 31 heavy (non-hydrogen) atoms. The summed E-state index contributed by atoms with van der Waals surface area (Å²) < 4.78 is 15.3. The van der Waals surface area contributed by atoms with E-state index in [1.165, 1.54) is 38.1 Å². The van der Waals surface area contributed by atoms with Gasteiger partial charge in [-0.1, -0.05) is 12.1 Å². The fourth-order valence-electron chi connectivity index (χ4n) is 5.13. The minimum atomic E-state index is -1.18. The van der Waals surface area contributed by atoms with Crippen molar-refractivity contribution in [1.82, 2.24) is 14.8 Å². The Hall–Kier alpha value is -2.10. The summed E-state index contributed by atoms with van der Waals surface area (Å²) >= 11 is 0. The summed E-state index contributed by atoms with van der Waals surface area (Å²) in [7, 11) is 0. The minimum absolute atomic E-state index is 0. The Labute approximate surface area is 193 Å². The molecular formula is C24H25FLiN3O2. The van der Waals surface area contributed by atoms with E-state index in [2.05, 4.69) is 10.2 Å². The Bertz CT molecular complexity index is 1070. The van der Waals surface area contributed by atoms with Crippen molar-refractivity contribution in [1.29, 1.82) is 0 Å². The number of nitrogens with zero attached hydrogens (tertiary/aromatic N) is 2. The van der Waals surface area contributed by atoms with Crippen LogP contribution < -0.4 is 29.3 Å². The molecular weight excluding hydrogens is 388 g/mol. The smallest absolute Gasteiger partial charge is 0.545 e. The van der Waals surface area contributed by atoms with Crippen LogP contribution in [0.1, 0.15) is 28.8 Å². The number of aromatic carboxylic acids is 1. The zero-order valence-electron chi connectivity index (χ0n) is 17.8. The predicted molar refractivity (Wildman–Crippen MR) is 112 cm³/mol. The van der Waals surface area contributed by atoms with E-state index in [9.17, 15) is 14.3 Å². The Kier molecular flexibility index (Phi) is 6.54. The van der Waals surface area contributed by atoms with Gasteiger partial charge in [0.1, 0.15) is 5.82 Å². The topological polar surface area (TPSA) is 60.3 Å². The number of carboxylic acid groups (broad SMARTS) is 1. The van der Waals surface area contributed by atoms with Crippen LogP contribution in [0.2, 0.25) is 0 Å². The molecule has 6 rings (SSSR count). The van der Waals surface area contributed by atoms with E-state index in [0.717, 1.165) is 42.2 Å². The van der Waals surface area contributed by atoms with Gasteiger partial charge in [0, 0.05) is 35.4 Å². The van der Waals surface area contributed by atoms with Crippen molar-refractivity contribution in [3.05, 3.63) is 65.6 Å². The number of aromatic nitrogens is 1. The molecule has 3 saturated heterocycles. The number of hydrogen-bond acceptors (Lipinski definition) is 4. The van der Waals surface area contributed by atoms with E-state index in [4.69, 9.17) is 0 Å². The molecule has 7 heteroatoms. The summed E-state index contributed by atoms with van der Waals surface area (Å²) in [6.45, 7) is 4.32. The normalized spacial score (nSPS) is 22.4. The number of fused-ring (bicyclic) bond motifs is 4. The molecule has 4 heterocycles. The van der Waals surface area contributed by atoms with Gasteiger partial charge in [-0.3, -0.25) is 0 Å². The van der Waals surface area contributed by atoms with Crippen LogP contribution in [0.4, 0.5) is 4.39 Å². The zero-order valence-corrected chi connectivity index (χ0v) is 17.8. The molecule has 2 bridgehead atoms. The molecule has 3 aliphatic heterocycles. The summed E-state index contributed by atoms with van der Waals surface area (Å²) in [6, 6.07) is 12.0. The minimum Gasteiger partial charge on any atom is -0.545 e. The quantitative estimate of drug-likeness (QED) is 0.547. The monoisotopic (exact) mass is 413 g/mol. The van der Waals surface area contributed by atoms with E-state index in [1.807, 2.05) is 16.8 Å². The second kappa shape index (κ2) is 9.18. The number of piperidine rings is 3. The Balaban J connectivity index is 0.00000231. The van der Waals surface area contributed by atoms with Crippen LogP contribution in [0, 0.1) is 11.7 Å². The van der Waals surface area contributed by atoms with E-state index in [-0.39, 0.29) is 30.2 Å². The largest absolute Gasteiger partial charge is 1.00 e. The van der Waals surface area contributed by atoms with Crippen LogP contribution in [0.25, 0.3) is 16.6 Å². The number of benzene rings is 2. The molecule has 3 aliphatic rings. The van der Waals surface area contributed by atoms with Crippen molar-refractivity contribution in [3.63, 3.8) is 0 Å². The fraction of sp³-hybridized carbons (Fsp3) is 0.375. The summed E-state index contributed by atoms with van der Waals surface area (Å²) in [5, 5.41) is 16.2. The van der Waals surface area contributed by atoms with Crippen LogP contribution in [0.3, 0.4) is 0 Å². The van der Waals surface area contributed by atoms with Gasteiger partial charge in [-0.25, -0.2) is 4.39 Å². The first-order chi connectivity index (χ1) is 14.6. The van der Waals surface area contributed by atoms with Gasteiger partial charge in [0.15, 0.2) is 0 Å². The van der Waals surface area contributed by atoms with Crippen molar-refractivity contribution >= 4 is 16.9 Å². The molecule has 0 saturated carbocycles. The van der Waals surface area contributed by atoms with E-state index < -0.39 is 5.97 Å². The SMILES string of the molecule is O=C([O-])c1cccc2c1c(CCN[C@H]1CN3CCC1CC3)cn2-c1ccc(F)cc1.[Li+]. The van der Waals surface area contributed by atoms with Gasteiger partial charge in [-0.2, -0.15) is 0 Å². The molecule has 0 aliphatic carbocycles. The van der Waals surface area contributed by atoms with Gasteiger partial charge in [0.25, 0.3) is 0 Å². The molecule has 3 aromatic rings. The third-order valence-electron chi connectivity index (χ3n) is 6.69. The number of hydrogen-bond donors (Lipinski definition) is 1. The first-order valence-corrected chi connectivity index (χ1v) is 10.7. The first kappa shape index (κ1) is 22.1. The number of carboxylic acids is 1. The van der Waals surface area contributed by atoms with E-state index >= 15 is 0 Å². The molecule has 0 amide bonds. The van der Waals surface area contributed by atoms with Gasteiger partial charge < -0.3 is 24.7 Å². The van der Waals surface area contributed by atoms with Crippen molar-refractivity contribution in [2.45, 2.75) is 25.3 Å². The Morgan fingerprint density at radius 1 is 1.13 bits per heavy atom. The molecule has 3 fully saturated rings. The summed E-state index contributed by atoms with van der Waals surface area (Å²) in [5.74, 6) is -0.731. The second-order valence-electron chi connectivity index (χ2n) is 8.44. The maximum Gasteiger partial charge on any atom is 1.00 e. The maximum absolute atomic E-state index is 13.4. The zero-order chi connectivity index (χ0) is 20.7. The molecule has 0 unspecified atom stereocenters. The number of rotatable bonds is 6. The van der Waals surface area contributed by atoms with E-state index in [0.29, 0.717) is 11.4 Å². The van der Waals surface area contributed by atoms with Crippen molar-refractivity contribution in [2.24, 2.45) is 5.92 Å². The van der Waals surface area contributed by atoms with Gasteiger partial charge in [-0.15, -0.1) is 0 Å². The number of carbonyl (C=O) groups is 1. The third kappa shape index (κ3) is 4.31. The van der Waals surface area contributed by atoms with Crippen LogP contribution in [-0.2, 0) is 6.42 Å². The standard InChI is InChI=1S/C24H26FN3O2.Li/c25-18-4-6-19(7-5-18)28-14-17(23-20(24(29)30)2-1-3-22(23)28)8-11-26-21-15-27-12-9-16(21)10-13-27;/h1-7,14,16,21,26H,8-13,15H2,(H,29,30);/q;+1/p-1/t21-;/m0./s1. The summed E-state index contributed by atoms with van der Waals surface area (Å²) in [6.07, 6.45) is 5.22. The summed E-state index contributed by atoms with van der Waals surface area (Å²) in [4.78, 5) is 14.3. The van der Waals surface area contributed by atoms with Gasteiger partial charge in [-0.05, 0) is 80.7 Å². The first-order valence-electron chi connectivity index (χ1n) is 10.7. The van der Waals surface area contributed by atoms with Gasteiger partial charge >= 0.3 is 18.9 Å². The maximum atomic E-state index is 13.4. The predicted octanol–water partition coefficient (Wildman–Crippen LogP) is -0.637. The Morgan fingerprint density at radius 3 is 2.52 bits per heavy atom. The van der Waals surface area contributed by atoms with Crippen molar-refractivity contribution < 1.29 is 33.2 Å². The average Bonchev–Trinajstić information content (AvgIpc) is 3.14. The molecule has 1 N–H and O–H groups in total. The molecule has 0 radical (unpaired) electrons.